The number of hydrogen-bond donors (Lipinski definition) is 1. The second-order valence-corrected chi connectivity index (χ2v) is 4.61. The molecule has 0 spiro atoms. The minimum atomic E-state index is 0.787. The Bertz CT molecular complexity index is 295. The smallest absolute Gasteiger partial charge is 0.0726 e. The molecular formula is C12H20N4. The highest BCUT2D eigenvalue weighted by molar-refractivity contribution is 4.94. The van der Waals surface area contributed by atoms with Crippen molar-refractivity contribution in [3.63, 3.8) is 0 Å². The Morgan fingerprint density at radius 2 is 2.44 bits per heavy atom. The average molecular weight is 220 g/mol. The Morgan fingerprint density at radius 3 is 3.12 bits per heavy atom. The van der Waals surface area contributed by atoms with Crippen molar-refractivity contribution in [3.05, 3.63) is 24.3 Å². The van der Waals surface area contributed by atoms with Gasteiger partial charge in [0.15, 0.2) is 0 Å². The largest absolute Gasteiger partial charge is 0.316 e. The highest BCUT2D eigenvalue weighted by atomic mass is 15.1. The van der Waals surface area contributed by atoms with Crippen molar-refractivity contribution >= 4 is 0 Å². The van der Waals surface area contributed by atoms with E-state index in [2.05, 4.69) is 27.2 Å². The van der Waals surface area contributed by atoms with E-state index in [0.29, 0.717) is 0 Å². The molecule has 0 aliphatic carbocycles. The van der Waals surface area contributed by atoms with Crippen molar-refractivity contribution in [3.8, 4) is 0 Å². The second-order valence-electron chi connectivity index (χ2n) is 4.61. The van der Waals surface area contributed by atoms with Gasteiger partial charge in [-0.3, -0.25) is 9.97 Å². The van der Waals surface area contributed by atoms with Crippen molar-refractivity contribution in [2.24, 2.45) is 5.92 Å². The molecule has 1 atom stereocenters. The lowest BCUT2D eigenvalue weighted by molar-refractivity contribution is 0.235. The Balaban J connectivity index is 1.77. The summed E-state index contributed by atoms with van der Waals surface area (Å²) in [6.45, 7) is 4.38. The van der Waals surface area contributed by atoms with E-state index < -0.39 is 0 Å². The van der Waals surface area contributed by atoms with Gasteiger partial charge in [-0.15, -0.1) is 0 Å². The monoisotopic (exact) mass is 220 g/mol. The predicted molar refractivity (Wildman–Crippen MR) is 64.0 cm³/mol. The van der Waals surface area contributed by atoms with Crippen LogP contribution in [0.25, 0.3) is 0 Å². The second kappa shape index (κ2) is 5.92. The molecule has 0 aromatic carbocycles. The summed E-state index contributed by atoms with van der Waals surface area (Å²) < 4.78 is 0. The van der Waals surface area contributed by atoms with Crippen molar-refractivity contribution in [1.29, 1.82) is 0 Å². The number of aromatic nitrogens is 2. The molecule has 2 heterocycles. The molecule has 4 heteroatoms. The van der Waals surface area contributed by atoms with Crippen LogP contribution in [0.5, 0.6) is 0 Å². The zero-order chi connectivity index (χ0) is 11.2. The Kier molecular flexibility index (Phi) is 4.25. The van der Waals surface area contributed by atoms with Crippen LogP contribution in [0.15, 0.2) is 18.6 Å². The third-order valence-electron chi connectivity index (χ3n) is 3.02. The molecule has 1 N–H and O–H groups in total. The van der Waals surface area contributed by atoms with E-state index >= 15 is 0 Å². The molecule has 2 rings (SSSR count). The maximum Gasteiger partial charge on any atom is 0.0726 e. The van der Waals surface area contributed by atoms with Crippen molar-refractivity contribution in [2.75, 3.05) is 26.7 Å². The quantitative estimate of drug-likeness (QED) is 0.819. The first-order valence-electron chi connectivity index (χ1n) is 5.99. The van der Waals surface area contributed by atoms with Crippen LogP contribution >= 0.6 is 0 Å². The number of piperidine rings is 1. The summed E-state index contributed by atoms with van der Waals surface area (Å²) in [6.07, 6.45) is 7.97. The number of nitrogens with zero attached hydrogens (tertiary/aromatic N) is 3. The first-order chi connectivity index (χ1) is 7.84. The van der Waals surface area contributed by atoms with Crippen LogP contribution in [0.3, 0.4) is 0 Å². The van der Waals surface area contributed by atoms with Crippen LogP contribution in [0.4, 0.5) is 0 Å². The van der Waals surface area contributed by atoms with Gasteiger partial charge in [-0.05, 0) is 38.9 Å². The molecule has 1 aromatic heterocycles. The number of nitrogens with one attached hydrogen (secondary N) is 1. The Labute approximate surface area is 97.1 Å². The van der Waals surface area contributed by atoms with Gasteiger partial charge in [-0.1, -0.05) is 0 Å². The molecule has 1 saturated heterocycles. The summed E-state index contributed by atoms with van der Waals surface area (Å²) >= 11 is 0. The van der Waals surface area contributed by atoms with Crippen molar-refractivity contribution in [1.82, 2.24) is 20.2 Å². The van der Waals surface area contributed by atoms with Gasteiger partial charge >= 0.3 is 0 Å². The van der Waals surface area contributed by atoms with Gasteiger partial charge in [0, 0.05) is 31.7 Å². The average Bonchev–Trinajstić information content (AvgIpc) is 2.31. The van der Waals surface area contributed by atoms with E-state index in [4.69, 9.17) is 0 Å². The molecule has 0 amide bonds. The third-order valence-corrected chi connectivity index (χ3v) is 3.02. The van der Waals surface area contributed by atoms with E-state index in [1.165, 1.54) is 19.4 Å². The minimum Gasteiger partial charge on any atom is -0.316 e. The van der Waals surface area contributed by atoms with Crippen LogP contribution in [0.2, 0.25) is 0 Å². The molecule has 1 fully saturated rings. The predicted octanol–water partition coefficient (Wildman–Crippen LogP) is 0.908. The highest BCUT2D eigenvalue weighted by Crippen LogP contribution is 2.11. The van der Waals surface area contributed by atoms with Gasteiger partial charge in [0.25, 0.3) is 0 Å². The fraction of sp³-hybridized carbons (Fsp3) is 0.667. The van der Waals surface area contributed by atoms with Crippen LogP contribution in [-0.2, 0) is 6.54 Å². The summed E-state index contributed by atoms with van der Waals surface area (Å²) in [5.41, 5.74) is 1.05. The van der Waals surface area contributed by atoms with Crippen molar-refractivity contribution in [2.45, 2.75) is 19.4 Å². The van der Waals surface area contributed by atoms with Crippen LogP contribution in [0, 0.1) is 5.92 Å². The molecule has 0 bridgehead atoms. The normalized spacial score (nSPS) is 21.2. The van der Waals surface area contributed by atoms with Gasteiger partial charge in [-0.25, -0.2) is 0 Å². The molecular weight excluding hydrogens is 200 g/mol. The van der Waals surface area contributed by atoms with E-state index in [-0.39, 0.29) is 0 Å². The van der Waals surface area contributed by atoms with E-state index in [0.717, 1.165) is 31.2 Å². The highest BCUT2D eigenvalue weighted by Gasteiger charge is 2.15. The van der Waals surface area contributed by atoms with Gasteiger partial charge in [0.2, 0.25) is 0 Å². The molecule has 1 aliphatic heterocycles. The van der Waals surface area contributed by atoms with Crippen LogP contribution in [-0.4, -0.2) is 41.5 Å². The maximum atomic E-state index is 4.29. The van der Waals surface area contributed by atoms with Gasteiger partial charge in [-0.2, -0.15) is 0 Å². The number of rotatable bonds is 4. The third kappa shape index (κ3) is 3.54. The molecule has 88 valence electrons. The van der Waals surface area contributed by atoms with E-state index in [1.807, 2.05) is 6.20 Å². The molecule has 0 unspecified atom stereocenters. The molecule has 0 radical (unpaired) electrons. The van der Waals surface area contributed by atoms with Gasteiger partial charge in [0.1, 0.15) is 0 Å². The zero-order valence-electron chi connectivity index (χ0n) is 9.89. The summed E-state index contributed by atoms with van der Waals surface area (Å²) in [7, 11) is 2.16. The standard InChI is InChI=1S/C12H20N4/c1-16(9-11-3-2-4-13-7-11)10-12-8-14-5-6-15-12/h5-6,8,11,13H,2-4,7,9-10H2,1H3/t11-/m0/s1. The first-order valence-corrected chi connectivity index (χ1v) is 5.99. The topological polar surface area (TPSA) is 41.1 Å². The maximum absolute atomic E-state index is 4.29. The lowest BCUT2D eigenvalue weighted by Gasteiger charge is -2.27. The molecule has 1 aliphatic rings. The molecule has 16 heavy (non-hydrogen) atoms. The fourth-order valence-electron chi connectivity index (χ4n) is 2.27. The van der Waals surface area contributed by atoms with Crippen molar-refractivity contribution < 1.29 is 0 Å². The summed E-state index contributed by atoms with van der Waals surface area (Å²) in [5.74, 6) is 0.787. The first kappa shape index (κ1) is 11.5. The minimum absolute atomic E-state index is 0.787. The zero-order valence-corrected chi connectivity index (χ0v) is 9.89. The Hall–Kier alpha value is -1.00. The summed E-state index contributed by atoms with van der Waals surface area (Å²) in [6, 6.07) is 0. The lowest BCUT2D eigenvalue weighted by atomic mass is 9.99. The molecule has 1 aromatic rings. The lowest BCUT2D eigenvalue weighted by Crippen LogP contribution is -2.36. The van der Waals surface area contributed by atoms with Crippen LogP contribution in [0.1, 0.15) is 18.5 Å². The fourth-order valence-corrected chi connectivity index (χ4v) is 2.27. The molecule has 4 nitrogen and oxygen atoms in total. The molecule has 0 saturated carbocycles. The summed E-state index contributed by atoms with van der Waals surface area (Å²) in [5, 5.41) is 3.45. The van der Waals surface area contributed by atoms with Crippen LogP contribution < -0.4 is 5.32 Å². The number of hydrogen-bond acceptors (Lipinski definition) is 4. The Morgan fingerprint density at radius 1 is 1.50 bits per heavy atom. The van der Waals surface area contributed by atoms with E-state index in [1.54, 1.807) is 12.4 Å². The van der Waals surface area contributed by atoms with Gasteiger partial charge in [0.05, 0.1) is 5.69 Å². The van der Waals surface area contributed by atoms with E-state index in [9.17, 15) is 0 Å². The van der Waals surface area contributed by atoms with Gasteiger partial charge < -0.3 is 10.2 Å². The summed E-state index contributed by atoms with van der Waals surface area (Å²) in [4.78, 5) is 10.7. The SMILES string of the molecule is CN(Cc1cnccn1)C[C@H]1CCCNC1.